The van der Waals surface area contributed by atoms with E-state index in [0.717, 1.165) is 0 Å². The Morgan fingerprint density at radius 2 is 1.00 bits per heavy atom. The summed E-state index contributed by atoms with van der Waals surface area (Å²) in [6.45, 7) is 0. The Bertz CT molecular complexity index is 2360. The average Bonchev–Trinajstić information content (AvgIpc) is 3.07. The number of amides is 4. The van der Waals surface area contributed by atoms with Gasteiger partial charge in [-0.05, 0) is 84.0 Å². The SMILES string of the molecule is O=C(Nc1cccc(C(=O)N=C2C=C(O)C3=CC=C(S(=O)(=O)O)CC3=C2)c1)Nc1cccc(C(=O)N=C2C=C(O)C3=CC=C(S(=O)(=O)O)CC3=C2)c1. The molecule has 2 aromatic rings. The van der Waals surface area contributed by atoms with Crippen molar-refractivity contribution in [2.45, 2.75) is 12.8 Å². The number of rotatable bonds is 6. The molecule has 0 heterocycles. The van der Waals surface area contributed by atoms with E-state index in [1.807, 2.05) is 0 Å². The number of anilines is 2. The van der Waals surface area contributed by atoms with E-state index in [9.17, 15) is 50.5 Å². The van der Waals surface area contributed by atoms with E-state index in [2.05, 4.69) is 20.6 Å². The minimum atomic E-state index is -4.46. The number of hydrogen-bond acceptors (Lipinski definition) is 9. The second-order valence-corrected chi connectivity index (χ2v) is 14.5. The number of allylic oxidation sites excluding steroid dienone is 12. The van der Waals surface area contributed by atoms with Crippen LogP contribution >= 0.6 is 0 Å². The summed E-state index contributed by atoms with van der Waals surface area (Å²) in [6.07, 6.45) is 9.89. The number of fused-ring (bicyclic) bond motifs is 2. The molecule has 4 aliphatic carbocycles. The first-order chi connectivity index (χ1) is 24.5. The van der Waals surface area contributed by atoms with Gasteiger partial charge in [0.15, 0.2) is 0 Å². The zero-order valence-corrected chi connectivity index (χ0v) is 28.1. The number of benzene rings is 2. The van der Waals surface area contributed by atoms with Gasteiger partial charge < -0.3 is 20.8 Å². The van der Waals surface area contributed by atoms with Crippen LogP contribution < -0.4 is 10.6 Å². The molecule has 17 heteroatoms. The van der Waals surface area contributed by atoms with Crippen LogP contribution in [0.5, 0.6) is 0 Å². The molecule has 6 rings (SSSR count). The number of nitrogens with zero attached hydrogens (tertiary/aromatic N) is 2. The fourth-order valence-electron chi connectivity index (χ4n) is 5.48. The molecule has 0 fully saturated rings. The Labute approximate surface area is 296 Å². The van der Waals surface area contributed by atoms with Crippen LogP contribution in [0.2, 0.25) is 0 Å². The van der Waals surface area contributed by atoms with Gasteiger partial charge in [-0.3, -0.25) is 18.7 Å². The van der Waals surface area contributed by atoms with Crippen molar-refractivity contribution in [3.05, 3.63) is 152 Å². The second-order valence-electron chi connectivity index (χ2n) is 11.6. The molecule has 0 aromatic heterocycles. The summed E-state index contributed by atoms with van der Waals surface area (Å²) < 4.78 is 65.0. The van der Waals surface area contributed by atoms with E-state index < -0.39 is 38.1 Å². The van der Waals surface area contributed by atoms with Gasteiger partial charge in [0.25, 0.3) is 32.1 Å². The number of nitrogens with one attached hydrogen (secondary N) is 2. The molecule has 15 nitrogen and oxygen atoms in total. The number of hydrogen-bond donors (Lipinski definition) is 6. The Hall–Kier alpha value is -6.27. The number of carbonyl (C=O) groups is 3. The molecule has 0 saturated heterocycles. The van der Waals surface area contributed by atoms with Crippen LogP contribution in [0.25, 0.3) is 0 Å². The molecule has 0 bridgehead atoms. The molecular formula is C35H26N4O11S2. The first-order valence-electron chi connectivity index (χ1n) is 15.1. The zero-order valence-electron chi connectivity index (χ0n) is 26.5. The second kappa shape index (κ2) is 13.8. The Morgan fingerprint density at radius 3 is 1.38 bits per heavy atom. The lowest BCUT2D eigenvalue weighted by Gasteiger charge is -2.20. The van der Waals surface area contributed by atoms with Gasteiger partial charge in [0.1, 0.15) is 11.5 Å². The maximum Gasteiger partial charge on any atom is 0.323 e. The highest BCUT2D eigenvalue weighted by atomic mass is 32.2. The highest BCUT2D eigenvalue weighted by Crippen LogP contribution is 2.34. The molecule has 52 heavy (non-hydrogen) atoms. The van der Waals surface area contributed by atoms with Crippen molar-refractivity contribution < 1.29 is 50.5 Å². The molecule has 4 amide bonds. The normalized spacial score (nSPS) is 18.6. The van der Waals surface area contributed by atoms with Crippen LogP contribution in [-0.4, -0.2) is 65.4 Å². The van der Waals surface area contributed by atoms with Gasteiger partial charge in [-0.2, -0.15) is 16.8 Å². The molecule has 0 unspecified atom stereocenters. The third-order valence-corrected chi connectivity index (χ3v) is 9.80. The smallest absolute Gasteiger partial charge is 0.323 e. The Balaban J connectivity index is 1.11. The highest BCUT2D eigenvalue weighted by Gasteiger charge is 2.27. The predicted molar refractivity (Wildman–Crippen MR) is 191 cm³/mol. The third-order valence-electron chi connectivity index (χ3n) is 7.92. The number of aliphatic hydroxyl groups excluding tert-OH is 2. The minimum absolute atomic E-state index is 0.0360. The lowest BCUT2D eigenvalue weighted by atomic mass is 9.91. The van der Waals surface area contributed by atoms with Crippen LogP contribution in [0.15, 0.2) is 151 Å². The van der Waals surface area contributed by atoms with Crippen molar-refractivity contribution >= 4 is 60.9 Å². The summed E-state index contributed by atoms with van der Waals surface area (Å²) >= 11 is 0. The van der Waals surface area contributed by atoms with Crippen LogP contribution in [-0.2, 0) is 20.2 Å². The van der Waals surface area contributed by atoms with E-state index in [0.29, 0.717) is 22.3 Å². The maximum atomic E-state index is 13.0. The summed E-state index contributed by atoms with van der Waals surface area (Å²) in [4.78, 5) is 46.3. The molecule has 0 atom stereocenters. The molecular weight excluding hydrogens is 717 g/mol. The molecule has 264 valence electrons. The van der Waals surface area contributed by atoms with Crippen LogP contribution in [0.3, 0.4) is 0 Å². The summed E-state index contributed by atoms with van der Waals surface area (Å²) in [5, 5.41) is 26.0. The molecule has 0 spiro atoms. The van der Waals surface area contributed by atoms with Gasteiger partial charge in [-0.1, -0.05) is 12.1 Å². The molecule has 0 saturated carbocycles. The average molecular weight is 743 g/mol. The highest BCUT2D eigenvalue weighted by molar-refractivity contribution is 7.90. The lowest BCUT2D eigenvalue weighted by Crippen LogP contribution is -2.19. The summed E-state index contributed by atoms with van der Waals surface area (Å²) in [6, 6.07) is 10.9. The van der Waals surface area contributed by atoms with Crippen molar-refractivity contribution in [3.63, 3.8) is 0 Å². The third kappa shape index (κ3) is 8.03. The largest absolute Gasteiger partial charge is 0.507 e. The standard InChI is InChI=1S/C35H26N4O11S2/c40-31-17-25(13-21-15-27(51(45,46)47)7-9-29(21)31)36-33(42)19-3-1-5-23(11-19)38-35(44)39-24-6-2-4-20(12-24)34(43)37-26-14-22-16-28(52(48,49)50)8-10-30(22)32(41)18-26/h1-14,17-18,40-41H,15-16H2,(H2,38,39,44)(H,45,46,47)(H,48,49,50). The van der Waals surface area contributed by atoms with Crippen molar-refractivity contribution in [2.75, 3.05) is 10.6 Å². The number of aliphatic hydroxyl groups is 2. The molecule has 0 radical (unpaired) electrons. The predicted octanol–water partition coefficient (Wildman–Crippen LogP) is 5.46. The van der Waals surface area contributed by atoms with Crippen molar-refractivity contribution in [2.24, 2.45) is 9.98 Å². The van der Waals surface area contributed by atoms with Gasteiger partial charge in [-0.25, -0.2) is 14.8 Å². The lowest BCUT2D eigenvalue weighted by molar-refractivity contribution is 0.0995. The van der Waals surface area contributed by atoms with Crippen molar-refractivity contribution in [1.82, 2.24) is 0 Å². The van der Waals surface area contributed by atoms with E-state index >= 15 is 0 Å². The zero-order chi connectivity index (χ0) is 37.4. The summed E-state index contributed by atoms with van der Waals surface area (Å²) in [5.74, 6) is -1.95. The van der Waals surface area contributed by atoms with Crippen LogP contribution in [0, 0.1) is 0 Å². The first kappa shape index (κ1) is 35.6. The van der Waals surface area contributed by atoms with E-state index in [4.69, 9.17) is 0 Å². The Kier molecular flexibility index (Phi) is 9.44. The molecule has 2 aromatic carbocycles. The van der Waals surface area contributed by atoms with E-state index in [-0.39, 0.29) is 68.1 Å². The quantitative estimate of drug-likeness (QED) is 0.203. The summed E-state index contributed by atoms with van der Waals surface area (Å²) in [7, 11) is -8.92. The van der Waals surface area contributed by atoms with Gasteiger partial charge in [0.2, 0.25) is 0 Å². The number of urea groups is 1. The molecule has 4 aliphatic rings. The van der Waals surface area contributed by atoms with Gasteiger partial charge in [0, 0.05) is 58.6 Å². The van der Waals surface area contributed by atoms with Crippen LogP contribution in [0.4, 0.5) is 16.2 Å². The monoisotopic (exact) mass is 742 g/mol. The van der Waals surface area contributed by atoms with E-state index in [1.165, 1.54) is 97.1 Å². The first-order valence-corrected chi connectivity index (χ1v) is 18.0. The van der Waals surface area contributed by atoms with Crippen LogP contribution in [0.1, 0.15) is 33.6 Å². The molecule has 0 aliphatic heterocycles. The van der Waals surface area contributed by atoms with Gasteiger partial charge in [0.05, 0.1) is 21.2 Å². The van der Waals surface area contributed by atoms with Crippen molar-refractivity contribution in [3.8, 4) is 0 Å². The number of carbonyl (C=O) groups excluding carboxylic acids is 3. The Morgan fingerprint density at radius 1 is 0.596 bits per heavy atom. The number of aliphatic imine (C=N–C) groups is 2. The van der Waals surface area contributed by atoms with Crippen molar-refractivity contribution in [1.29, 1.82) is 0 Å². The van der Waals surface area contributed by atoms with E-state index in [1.54, 1.807) is 0 Å². The minimum Gasteiger partial charge on any atom is -0.507 e. The molecule has 6 N–H and O–H groups in total. The van der Waals surface area contributed by atoms with Gasteiger partial charge >= 0.3 is 6.03 Å². The topological polar surface area (TPSA) is 249 Å². The van der Waals surface area contributed by atoms with Gasteiger partial charge in [-0.15, -0.1) is 0 Å². The summed E-state index contributed by atoms with van der Waals surface area (Å²) in [5.41, 5.74) is 1.96. The fourth-order valence-corrected chi connectivity index (χ4v) is 6.64. The fraction of sp³-hybridized carbons (Fsp3) is 0.0571. The maximum absolute atomic E-state index is 13.0.